The first-order valence-corrected chi connectivity index (χ1v) is 5.62. The smallest absolute Gasteiger partial charge is 0.119 e. The van der Waals surface area contributed by atoms with E-state index in [2.05, 4.69) is 18.0 Å². The maximum Gasteiger partial charge on any atom is 0.119 e. The Balaban J connectivity index is 1.78. The normalized spacial score (nSPS) is 22.6. The summed E-state index contributed by atoms with van der Waals surface area (Å²) in [5.41, 5.74) is 0. The van der Waals surface area contributed by atoms with Crippen LogP contribution in [0.5, 0.6) is 5.75 Å². The molecule has 1 aliphatic heterocycles. The van der Waals surface area contributed by atoms with E-state index in [0.29, 0.717) is 5.92 Å². The van der Waals surface area contributed by atoms with E-state index in [9.17, 15) is 0 Å². The molecule has 15 heavy (non-hydrogen) atoms. The van der Waals surface area contributed by atoms with Crippen LogP contribution in [0, 0.1) is 12.0 Å². The molecule has 1 radical (unpaired) electrons. The highest BCUT2D eigenvalue weighted by Gasteiger charge is 2.17. The lowest BCUT2D eigenvalue weighted by Gasteiger charge is -2.29. The third-order valence-electron chi connectivity index (χ3n) is 2.90. The zero-order valence-corrected chi connectivity index (χ0v) is 9.28. The van der Waals surface area contributed by atoms with Crippen LogP contribution in [0.25, 0.3) is 0 Å². The summed E-state index contributed by atoms with van der Waals surface area (Å²) in [6, 6.07) is 10.7. The standard InChI is InChI=1S/C13H18NO/c1-14-9-5-6-12(10-14)11-15-13-7-3-2-4-8-13/h3-4,7-8,12H,5-6,9-11H2,1H3. The summed E-state index contributed by atoms with van der Waals surface area (Å²) in [5.74, 6) is 1.65. The highest BCUT2D eigenvalue weighted by molar-refractivity contribution is 5.20. The summed E-state index contributed by atoms with van der Waals surface area (Å²) >= 11 is 0. The van der Waals surface area contributed by atoms with E-state index in [1.165, 1.54) is 25.9 Å². The Kier molecular flexibility index (Phi) is 3.62. The van der Waals surface area contributed by atoms with Crippen molar-refractivity contribution in [2.24, 2.45) is 5.92 Å². The van der Waals surface area contributed by atoms with Crippen molar-refractivity contribution in [2.45, 2.75) is 12.8 Å². The summed E-state index contributed by atoms with van der Waals surface area (Å²) in [6.07, 6.45) is 2.59. The highest BCUT2D eigenvalue weighted by atomic mass is 16.5. The fourth-order valence-corrected chi connectivity index (χ4v) is 2.09. The lowest BCUT2D eigenvalue weighted by atomic mass is 10.00. The van der Waals surface area contributed by atoms with Crippen molar-refractivity contribution < 1.29 is 4.74 Å². The topological polar surface area (TPSA) is 12.5 Å². The Morgan fingerprint density at radius 3 is 3.00 bits per heavy atom. The Hall–Kier alpha value is -1.02. The van der Waals surface area contributed by atoms with Gasteiger partial charge in [0.1, 0.15) is 5.75 Å². The van der Waals surface area contributed by atoms with Crippen LogP contribution in [0.3, 0.4) is 0 Å². The molecular formula is C13H18NO. The van der Waals surface area contributed by atoms with Crippen LogP contribution in [-0.4, -0.2) is 31.6 Å². The second-order valence-electron chi connectivity index (χ2n) is 4.32. The van der Waals surface area contributed by atoms with Crippen molar-refractivity contribution in [3.63, 3.8) is 0 Å². The number of hydrogen-bond donors (Lipinski definition) is 0. The van der Waals surface area contributed by atoms with Crippen LogP contribution in [-0.2, 0) is 0 Å². The third-order valence-corrected chi connectivity index (χ3v) is 2.90. The molecule has 0 saturated carbocycles. The van der Waals surface area contributed by atoms with Gasteiger partial charge in [-0.3, -0.25) is 0 Å². The maximum atomic E-state index is 5.75. The predicted molar refractivity (Wildman–Crippen MR) is 61.0 cm³/mol. The van der Waals surface area contributed by atoms with Crippen LogP contribution in [0.4, 0.5) is 0 Å². The summed E-state index contributed by atoms with van der Waals surface area (Å²) in [4.78, 5) is 2.39. The van der Waals surface area contributed by atoms with Crippen LogP contribution in [0.2, 0.25) is 0 Å². The van der Waals surface area contributed by atoms with Gasteiger partial charge >= 0.3 is 0 Å². The lowest BCUT2D eigenvalue weighted by Crippen LogP contribution is -2.34. The number of piperidine rings is 1. The molecule has 1 aromatic rings. The number of nitrogens with zero attached hydrogens (tertiary/aromatic N) is 1. The predicted octanol–water partition coefficient (Wildman–Crippen LogP) is 2.21. The number of benzene rings is 1. The van der Waals surface area contributed by atoms with E-state index >= 15 is 0 Å². The second-order valence-corrected chi connectivity index (χ2v) is 4.32. The number of hydrogen-bond acceptors (Lipinski definition) is 2. The second kappa shape index (κ2) is 5.17. The molecule has 1 heterocycles. The Morgan fingerprint density at radius 2 is 2.27 bits per heavy atom. The molecule has 1 aromatic carbocycles. The molecule has 0 spiro atoms. The minimum atomic E-state index is 0.688. The largest absolute Gasteiger partial charge is 0.493 e. The summed E-state index contributed by atoms with van der Waals surface area (Å²) < 4.78 is 5.75. The van der Waals surface area contributed by atoms with Crippen LogP contribution < -0.4 is 4.74 Å². The monoisotopic (exact) mass is 204 g/mol. The average molecular weight is 204 g/mol. The molecule has 1 unspecified atom stereocenters. The van der Waals surface area contributed by atoms with Crippen molar-refractivity contribution >= 4 is 0 Å². The van der Waals surface area contributed by atoms with Gasteiger partial charge in [0.05, 0.1) is 6.61 Å². The van der Waals surface area contributed by atoms with Crippen molar-refractivity contribution in [1.29, 1.82) is 0 Å². The number of likely N-dealkylation sites (tertiary alicyclic amines) is 1. The van der Waals surface area contributed by atoms with Gasteiger partial charge in [0.15, 0.2) is 0 Å². The van der Waals surface area contributed by atoms with E-state index in [4.69, 9.17) is 4.74 Å². The van der Waals surface area contributed by atoms with Gasteiger partial charge in [0.2, 0.25) is 0 Å². The van der Waals surface area contributed by atoms with E-state index in [-0.39, 0.29) is 0 Å². The van der Waals surface area contributed by atoms with Crippen molar-refractivity contribution in [3.05, 3.63) is 30.3 Å². The van der Waals surface area contributed by atoms with Gasteiger partial charge < -0.3 is 9.64 Å². The average Bonchev–Trinajstić information content (AvgIpc) is 2.28. The van der Waals surface area contributed by atoms with Gasteiger partial charge in [-0.2, -0.15) is 0 Å². The third kappa shape index (κ3) is 3.24. The summed E-state index contributed by atoms with van der Waals surface area (Å²) in [6.45, 7) is 3.24. The van der Waals surface area contributed by atoms with E-state index in [1.54, 1.807) is 0 Å². The van der Waals surface area contributed by atoms with Gasteiger partial charge in [-0.1, -0.05) is 12.1 Å². The Morgan fingerprint density at radius 1 is 1.47 bits per heavy atom. The molecule has 2 nitrogen and oxygen atoms in total. The molecule has 1 atom stereocenters. The molecule has 0 aromatic heterocycles. The number of ether oxygens (including phenoxy) is 1. The molecular weight excluding hydrogens is 186 g/mol. The zero-order chi connectivity index (χ0) is 10.5. The molecule has 1 fully saturated rings. The molecule has 1 saturated heterocycles. The van der Waals surface area contributed by atoms with Crippen molar-refractivity contribution in [3.8, 4) is 5.75 Å². The molecule has 2 rings (SSSR count). The van der Waals surface area contributed by atoms with Crippen molar-refractivity contribution in [2.75, 3.05) is 26.7 Å². The Labute approximate surface area is 91.9 Å². The van der Waals surface area contributed by atoms with Crippen LogP contribution in [0.1, 0.15) is 12.8 Å². The van der Waals surface area contributed by atoms with E-state index in [1.807, 2.05) is 24.3 Å². The van der Waals surface area contributed by atoms with Gasteiger partial charge in [0.25, 0.3) is 0 Å². The molecule has 0 N–H and O–H groups in total. The molecule has 0 amide bonds. The lowest BCUT2D eigenvalue weighted by molar-refractivity contribution is 0.150. The molecule has 0 bridgehead atoms. The first kappa shape index (κ1) is 10.5. The molecule has 1 aliphatic rings. The Bertz CT molecular complexity index is 286. The molecule has 81 valence electrons. The highest BCUT2D eigenvalue weighted by Crippen LogP contribution is 2.17. The summed E-state index contributed by atoms with van der Waals surface area (Å²) in [5, 5.41) is 0. The fraction of sp³-hybridized carbons (Fsp3) is 0.538. The molecule has 2 heteroatoms. The summed E-state index contributed by atoms with van der Waals surface area (Å²) in [7, 11) is 2.18. The SMILES string of the molecule is CN1CCCC(COc2cc[c]cc2)C1. The van der Waals surface area contributed by atoms with Crippen LogP contribution in [0.15, 0.2) is 24.3 Å². The quantitative estimate of drug-likeness (QED) is 0.748. The van der Waals surface area contributed by atoms with E-state index in [0.717, 1.165) is 12.4 Å². The van der Waals surface area contributed by atoms with Gasteiger partial charge in [-0.15, -0.1) is 0 Å². The molecule has 0 aliphatic carbocycles. The minimum absolute atomic E-state index is 0.688. The number of rotatable bonds is 3. The first-order chi connectivity index (χ1) is 7.34. The minimum Gasteiger partial charge on any atom is -0.493 e. The van der Waals surface area contributed by atoms with E-state index < -0.39 is 0 Å². The fourth-order valence-electron chi connectivity index (χ4n) is 2.09. The van der Waals surface area contributed by atoms with Gasteiger partial charge in [-0.05, 0) is 44.6 Å². The first-order valence-electron chi connectivity index (χ1n) is 5.62. The zero-order valence-electron chi connectivity index (χ0n) is 9.28. The van der Waals surface area contributed by atoms with Gasteiger partial charge in [-0.25, -0.2) is 0 Å². The van der Waals surface area contributed by atoms with Crippen molar-refractivity contribution in [1.82, 2.24) is 4.90 Å². The van der Waals surface area contributed by atoms with Gasteiger partial charge in [0, 0.05) is 12.5 Å². The maximum absolute atomic E-state index is 5.75. The van der Waals surface area contributed by atoms with Crippen LogP contribution >= 0.6 is 0 Å².